The van der Waals surface area contributed by atoms with Crippen molar-refractivity contribution >= 4 is 11.6 Å². The van der Waals surface area contributed by atoms with Crippen molar-refractivity contribution < 1.29 is 27.8 Å². The molecule has 134 valence electrons. The molecule has 2 rings (SSSR count). The molecule has 0 radical (unpaired) electrons. The number of alkyl halides is 3. The van der Waals surface area contributed by atoms with E-state index < -0.39 is 6.36 Å². The first kappa shape index (κ1) is 18.5. The van der Waals surface area contributed by atoms with E-state index >= 15 is 0 Å². The van der Waals surface area contributed by atoms with Gasteiger partial charge in [-0.2, -0.15) is 0 Å². The molecule has 5 nitrogen and oxygen atoms in total. The molecule has 1 atom stereocenters. The molecular formula is C16H21F3N2O3. The summed E-state index contributed by atoms with van der Waals surface area (Å²) >= 11 is 0. The summed E-state index contributed by atoms with van der Waals surface area (Å²) in [6.07, 6.45) is -1.13. The number of aliphatic hydroxyl groups excluding tert-OH is 1. The summed E-state index contributed by atoms with van der Waals surface area (Å²) in [5.74, 6) is -0.542. The van der Waals surface area contributed by atoms with E-state index in [0.29, 0.717) is 18.2 Å². The molecular weight excluding hydrogens is 325 g/mol. The number of likely N-dealkylation sites (tertiary alicyclic amines) is 1. The summed E-state index contributed by atoms with van der Waals surface area (Å²) in [5, 5.41) is 11.6. The molecule has 1 aliphatic rings. The van der Waals surface area contributed by atoms with E-state index in [-0.39, 0.29) is 24.8 Å². The van der Waals surface area contributed by atoms with Crippen LogP contribution >= 0.6 is 0 Å². The van der Waals surface area contributed by atoms with E-state index in [9.17, 15) is 18.0 Å². The smallest absolute Gasteiger partial charge is 0.406 e. The number of hydrogen-bond acceptors (Lipinski definition) is 4. The molecule has 1 aliphatic heterocycles. The summed E-state index contributed by atoms with van der Waals surface area (Å²) in [6, 6.07) is 5.34. The van der Waals surface area contributed by atoms with Gasteiger partial charge in [0.1, 0.15) is 5.75 Å². The van der Waals surface area contributed by atoms with Crippen LogP contribution in [-0.4, -0.2) is 48.0 Å². The van der Waals surface area contributed by atoms with Gasteiger partial charge in [-0.25, -0.2) is 0 Å². The van der Waals surface area contributed by atoms with E-state index in [1.807, 2.05) is 0 Å². The molecule has 1 aromatic rings. The predicted molar refractivity (Wildman–Crippen MR) is 82.7 cm³/mol. The van der Waals surface area contributed by atoms with Gasteiger partial charge in [-0.15, -0.1) is 13.2 Å². The number of rotatable bonds is 7. The van der Waals surface area contributed by atoms with Gasteiger partial charge in [0.15, 0.2) is 0 Å². The minimum atomic E-state index is -4.73. The molecule has 0 spiro atoms. The van der Waals surface area contributed by atoms with Crippen LogP contribution in [0.15, 0.2) is 24.3 Å². The number of amides is 1. The van der Waals surface area contributed by atoms with Gasteiger partial charge >= 0.3 is 6.36 Å². The van der Waals surface area contributed by atoms with Gasteiger partial charge in [0.25, 0.3) is 0 Å². The molecule has 0 saturated carbocycles. The lowest BCUT2D eigenvalue weighted by Gasteiger charge is -2.23. The van der Waals surface area contributed by atoms with Crippen molar-refractivity contribution in [1.82, 2.24) is 4.90 Å². The minimum Gasteiger partial charge on any atom is -0.406 e. The average molecular weight is 346 g/mol. The van der Waals surface area contributed by atoms with E-state index in [4.69, 9.17) is 5.11 Å². The average Bonchev–Trinajstić information content (AvgIpc) is 2.92. The topological polar surface area (TPSA) is 61.8 Å². The zero-order valence-corrected chi connectivity index (χ0v) is 13.2. The first-order chi connectivity index (χ1) is 11.4. The van der Waals surface area contributed by atoms with E-state index in [1.54, 1.807) is 0 Å². The Bertz CT molecular complexity index is 534. The third kappa shape index (κ3) is 6.01. The van der Waals surface area contributed by atoms with Gasteiger partial charge < -0.3 is 15.2 Å². The summed E-state index contributed by atoms with van der Waals surface area (Å²) in [5.41, 5.74) is 0.417. The molecule has 0 unspecified atom stereocenters. The number of halogens is 3. The number of nitrogens with zero attached hydrogens (tertiary/aromatic N) is 1. The Morgan fingerprint density at radius 3 is 2.67 bits per heavy atom. The quantitative estimate of drug-likeness (QED) is 0.797. The van der Waals surface area contributed by atoms with Crippen molar-refractivity contribution in [2.45, 2.75) is 38.1 Å². The zero-order chi connectivity index (χ0) is 17.6. The molecule has 1 amide bonds. The SMILES string of the molecule is O=C(CN1CCC[C@H]1CCCO)Nc1ccc(OC(F)(F)F)cc1. The number of nitrogens with one attached hydrogen (secondary N) is 1. The fourth-order valence-corrected chi connectivity index (χ4v) is 2.88. The van der Waals surface area contributed by atoms with Crippen LogP contribution in [0.3, 0.4) is 0 Å². The third-order valence-electron chi connectivity index (χ3n) is 3.91. The van der Waals surface area contributed by atoms with Crippen molar-refractivity contribution in [3.8, 4) is 5.75 Å². The lowest BCUT2D eigenvalue weighted by Crippen LogP contribution is -2.36. The van der Waals surface area contributed by atoms with E-state index in [0.717, 1.165) is 37.9 Å². The summed E-state index contributed by atoms with van der Waals surface area (Å²) in [4.78, 5) is 14.2. The van der Waals surface area contributed by atoms with Gasteiger partial charge in [-0.3, -0.25) is 9.69 Å². The van der Waals surface area contributed by atoms with Crippen molar-refractivity contribution in [2.24, 2.45) is 0 Å². The highest BCUT2D eigenvalue weighted by atomic mass is 19.4. The molecule has 8 heteroatoms. The Balaban J connectivity index is 1.83. The molecule has 1 heterocycles. The highest BCUT2D eigenvalue weighted by Gasteiger charge is 2.31. The number of carbonyl (C=O) groups is 1. The van der Waals surface area contributed by atoms with Crippen LogP contribution in [0.25, 0.3) is 0 Å². The second kappa shape index (κ2) is 8.34. The zero-order valence-electron chi connectivity index (χ0n) is 13.2. The Hall–Kier alpha value is -1.80. The molecule has 0 bridgehead atoms. The number of carbonyl (C=O) groups excluding carboxylic acids is 1. The predicted octanol–water partition coefficient (Wildman–Crippen LogP) is 2.76. The fraction of sp³-hybridized carbons (Fsp3) is 0.562. The van der Waals surface area contributed by atoms with Crippen LogP contribution in [-0.2, 0) is 4.79 Å². The first-order valence-corrected chi connectivity index (χ1v) is 7.88. The Kier molecular flexibility index (Phi) is 6.44. The summed E-state index contributed by atoms with van der Waals surface area (Å²) < 4.78 is 40.1. The second-order valence-electron chi connectivity index (χ2n) is 5.75. The molecule has 0 aromatic heterocycles. The van der Waals surface area contributed by atoms with Crippen LogP contribution < -0.4 is 10.1 Å². The van der Waals surface area contributed by atoms with Crippen molar-refractivity contribution in [2.75, 3.05) is 25.0 Å². The lowest BCUT2D eigenvalue weighted by molar-refractivity contribution is -0.274. The largest absolute Gasteiger partial charge is 0.573 e. The van der Waals surface area contributed by atoms with Crippen LogP contribution in [0, 0.1) is 0 Å². The maximum Gasteiger partial charge on any atom is 0.573 e. The minimum absolute atomic E-state index is 0.142. The van der Waals surface area contributed by atoms with Crippen LogP contribution in [0.1, 0.15) is 25.7 Å². The monoisotopic (exact) mass is 346 g/mol. The normalized spacial score (nSPS) is 18.6. The van der Waals surface area contributed by atoms with Crippen LogP contribution in [0.4, 0.5) is 18.9 Å². The van der Waals surface area contributed by atoms with Gasteiger partial charge in [-0.1, -0.05) is 0 Å². The standard InChI is InChI=1S/C16H21F3N2O3/c17-16(18,19)24-14-7-5-12(6-8-14)20-15(23)11-21-9-1-3-13(21)4-2-10-22/h5-8,13,22H,1-4,9-11H2,(H,20,23)/t13-/m0/s1. The lowest BCUT2D eigenvalue weighted by atomic mass is 10.1. The maximum absolute atomic E-state index is 12.1. The number of ether oxygens (including phenoxy) is 1. The van der Waals surface area contributed by atoms with Gasteiger partial charge in [0.2, 0.25) is 5.91 Å². The number of benzene rings is 1. The molecule has 1 aromatic carbocycles. The maximum atomic E-state index is 12.1. The number of aliphatic hydroxyl groups is 1. The van der Waals surface area contributed by atoms with Crippen LogP contribution in [0.5, 0.6) is 5.75 Å². The van der Waals surface area contributed by atoms with Crippen molar-refractivity contribution in [1.29, 1.82) is 0 Å². The van der Waals surface area contributed by atoms with Gasteiger partial charge in [0.05, 0.1) is 6.54 Å². The van der Waals surface area contributed by atoms with Crippen molar-refractivity contribution in [3.05, 3.63) is 24.3 Å². The van der Waals surface area contributed by atoms with E-state index in [1.165, 1.54) is 12.1 Å². The Morgan fingerprint density at radius 2 is 2.04 bits per heavy atom. The van der Waals surface area contributed by atoms with Gasteiger partial charge in [0, 0.05) is 18.3 Å². The molecule has 1 fully saturated rings. The second-order valence-corrected chi connectivity index (χ2v) is 5.75. The highest BCUT2D eigenvalue weighted by Crippen LogP contribution is 2.24. The van der Waals surface area contributed by atoms with Gasteiger partial charge in [-0.05, 0) is 56.5 Å². The van der Waals surface area contributed by atoms with Crippen molar-refractivity contribution in [3.63, 3.8) is 0 Å². The fourth-order valence-electron chi connectivity index (χ4n) is 2.88. The molecule has 2 N–H and O–H groups in total. The Labute approximate surface area is 138 Å². The summed E-state index contributed by atoms with van der Waals surface area (Å²) in [6.45, 7) is 1.21. The molecule has 0 aliphatic carbocycles. The summed E-state index contributed by atoms with van der Waals surface area (Å²) in [7, 11) is 0. The molecule has 24 heavy (non-hydrogen) atoms. The third-order valence-corrected chi connectivity index (χ3v) is 3.91. The number of anilines is 1. The van der Waals surface area contributed by atoms with Crippen LogP contribution in [0.2, 0.25) is 0 Å². The highest BCUT2D eigenvalue weighted by molar-refractivity contribution is 5.92. The Morgan fingerprint density at radius 1 is 1.33 bits per heavy atom. The van der Waals surface area contributed by atoms with E-state index in [2.05, 4.69) is 15.0 Å². The first-order valence-electron chi connectivity index (χ1n) is 7.88. The number of hydrogen-bond donors (Lipinski definition) is 2. The molecule has 1 saturated heterocycles.